The minimum absolute atomic E-state index is 0.0496. The lowest BCUT2D eigenvalue weighted by Crippen LogP contribution is -2.14. The Bertz CT molecular complexity index is 1380. The van der Waals surface area contributed by atoms with E-state index in [9.17, 15) is 14.3 Å². The van der Waals surface area contributed by atoms with Crippen molar-refractivity contribution in [1.29, 1.82) is 0 Å². The first kappa shape index (κ1) is 24.9. The first-order chi connectivity index (χ1) is 16.7. The number of rotatable bonds is 6. The number of phenolic OH excluding ortho intramolecular Hbond substituents is 1. The van der Waals surface area contributed by atoms with Crippen LogP contribution in [-0.2, 0) is 11.2 Å². The molecule has 4 nitrogen and oxygen atoms in total. The van der Waals surface area contributed by atoms with Gasteiger partial charge in [0.1, 0.15) is 23.1 Å². The normalized spacial score (nSPS) is 10.8. The third kappa shape index (κ3) is 6.06. The monoisotopic (exact) mass is 529 g/mol. The van der Waals surface area contributed by atoms with Gasteiger partial charge < -0.3 is 15.2 Å². The van der Waals surface area contributed by atoms with Crippen LogP contribution in [0.15, 0.2) is 72.8 Å². The maximum atomic E-state index is 13.4. The van der Waals surface area contributed by atoms with Crippen LogP contribution in [0.2, 0.25) is 15.1 Å². The van der Waals surface area contributed by atoms with Crippen molar-refractivity contribution in [1.82, 2.24) is 0 Å². The van der Waals surface area contributed by atoms with Crippen LogP contribution in [0.25, 0.3) is 11.1 Å². The number of ether oxygens (including phenoxy) is 1. The summed E-state index contributed by atoms with van der Waals surface area (Å²) >= 11 is 18.1. The molecule has 0 spiro atoms. The summed E-state index contributed by atoms with van der Waals surface area (Å²) in [5.41, 5.74) is 3.38. The Hall–Kier alpha value is -3.25. The number of hydrogen-bond acceptors (Lipinski definition) is 3. The van der Waals surface area contributed by atoms with Crippen LogP contribution < -0.4 is 10.1 Å². The third-order valence-electron chi connectivity index (χ3n) is 5.23. The summed E-state index contributed by atoms with van der Waals surface area (Å²) in [5.74, 6) is -0.149. The van der Waals surface area contributed by atoms with Gasteiger partial charge >= 0.3 is 0 Å². The molecule has 4 rings (SSSR count). The highest BCUT2D eigenvalue weighted by Gasteiger charge is 2.13. The Balaban J connectivity index is 1.40. The molecule has 0 heterocycles. The first-order valence-corrected chi connectivity index (χ1v) is 11.6. The van der Waals surface area contributed by atoms with Crippen molar-refractivity contribution in [3.8, 4) is 28.4 Å². The Labute approximate surface area is 216 Å². The number of benzene rings is 4. The molecule has 2 N–H and O–H groups in total. The summed E-state index contributed by atoms with van der Waals surface area (Å²) in [6.07, 6.45) is 0.0989. The van der Waals surface area contributed by atoms with E-state index in [4.69, 9.17) is 39.5 Å². The van der Waals surface area contributed by atoms with E-state index in [2.05, 4.69) is 5.32 Å². The highest BCUT2D eigenvalue weighted by molar-refractivity contribution is 6.35. The molecule has 4 aromatic rings. The van der Waals surface area contributed by atoms with Gasteiger partial charge in [-0.15, -0.1) is 0 Å². The topological polar surface area (TPSA) is 58.6 Å². The molecule has 1 amide bonds. The van der Waals surface area contributed by atoms with Gasteiger partial charge in [-0.05, 0) is 65.6 Å². The highest BCUT2D eigenvalue weighted by atomic mass is 35.5. The molecule has 0 aromatic heterocycles. The quantitative estimate of drug-likeness (QED) is 0.246. The van der Waals surface area contributed by atoms with E-state index in [1.54, 1.807) is 48.5 Å². The second kappa shape index (κ2) is 10.6. The van der Waals surface area contributed by atoms with E-state index in [-0.39, 0.29) is 28.8 Å². The van der Waals surface area contributed by atoms with Crippen molar-refractivity contribution in [3.05, 3.63) is 105 Å². The van der Waals surface area contributed by atoms with Crippen molar-refractivity contribution < 1.29 is 19.0 Å². The zero-order valence-corrected chi connectivity index (χ0v) is 20.7. The van der Waals surface area contributed by atoms with Gasteiger partial charge in [0.25, 0.3) is 0 Å². The summed E-state index contributed by atoms with van der Waals surface area (Å²) in [6.45, 7) is 1.81. The molecule has 0 saturated carbocycles. The summed E-state index contributed by atoms with van der Waals surface area (Å²) in [6, 6.07) is 19.6. The van der Waals surface area contributed by atoms with E-state index in [0.29, 0.717) is 21.5 Å². The second-order valence-corrected chi connectivity index (χ2v) is 9.12. The van der Waals surface area contributed by atoms with Crippen LogP contribution in [0.4, 0.5) is 10.1 Å². The van der Waals surface area contributed by atoms with E-state index in [1.807, 2.05) is 19.1 Å². The molecule has 0 aliphatic rings. The lowest BCUT2D eigenvalue weighted by Gasteiger charge is -2.13. The molecule has 0 fully saturated rings. The standard InChI is InChI=1S/C27H19Cl3FNO3/c1-15-10-19(28)13-22(30)27(15)35-20-7-9-24(25(33)14-20)32-26(34)11-16-2-4-17(5-3-16)18-6-8-23(31)21(29)12-18/h2-10,12-14,33H,11H2,1H3,(H,32,34). The Morgan fingerprint density at radius 2 is 1.63 bits per heavy atom. The van der Waals surface area contributed by atoms with E-state index in [1.165, 1.54) is 12.1 Å². The number of phenols is 1. The number of nitrogens with one attached hydrogen (secondary N) is 1. The molecule has 0 aliphatic carbocycles. The minimum atomic E-state index is -0.476. The maximum absolute atomic E-state index is 13.4. The molecule has 0 aliphatic heterocycles. The highest BCUT2D eigenvalue weighted by Crippen LogP contribution is 2.37. The van der Waals surface area contributed by atoms with Crippen LogP contribution in [0.3, 0.4) is 0 Å². The largest absolute Gasteiger partial charge is 0.506 e. The number of halogens is 4. The van der Waals surface area contributed by atoms with Gasteiger partial charge in [0.15, 0.2) is 0 Å². The predicted octanol–water partition coefficient (Wildman–Crippen LogP) is 8.44. The van der Waals surface area contributed by atoms with Crippen LogP contribution in [0.1, 0.15) is 11.1 Å². The van der Waals surface area contributed by atoms with Gasteiger partial charge in [-0.3, -0.25) is 4.79 Å². The predicted molar refractivity (Wildman–Crippen MR) is 139 cm³/mol. The SMILES string of the molecule is Cc1cc(Cl)cc(Cl)c1Oc1ccc(NC(=O)Cc2ccc(-c3ccc(F)c(Cl)c3)cc2)c(O)c1. The summed E-state index contributed by atoms with van der Waals surface area (Å²) in [4.78, 5) is 12.5. The van der Waals surface area contributed by atoms with Gasteiger partial charge in [-0.2, -0.15) is 0 Å². The molecular formula is C27H19Cl3FNO3. The van der Waals surface area contributed by atoms with Crippen LogP contribution >= 0.6 is 34.8 Å². The number of aromatic hydroxyl groups is 1. The van der Waals surface area contributed by atoms with E-state index in [0.717, 1.165) is 22.3 Å². The van der Waals surface area contributed by atoms with Gasteiger partial charge in [0.2, 0.25) is 5.91 Å². The van der Waals surface area contributed by atoms with Crippen molar-refractivity contribution in [3.63, 3.8) is 0 Å². The van der Waals surface area contributed by atoms with Crippen molar-refractivity contribution in [2.75, 3.05) is 5.32 Å². The number of carbonyl (C=O) groups is 1. The van der Waals surface area contributed by atoms with Gasteiger partial charge in [-0.25, -0.2) is 4.39 Å². The molecule has 0 saturated heterocycles. The smallest absolute Gasteiger partial charge is 0.228 e. The fourth-order valence-corrected chi connectivity index (χ4v) is 4.30. The summed E-state index contributed by atoms with van der Waals surface area (Å²) < 4.78 is 19.2. The fourth-order valence-electron chi connectivity index (χ4n) is 3.49. The molecule has 178 valence electrons. The van der Waals surface area contributed by atoms with Gasteiger partial charge in [0.05, 0.1) is 22.2 Å². The van der Waals surface area contributed by atoms with Gasteiger partial charge in [0, 0.05) is 11.1 Å². The van der Waals surface area contributed by atoms with Crippen molar-refractivity contribution >= 4 is 46.4 Å². The Morgan fingerprint density at radius 3 is 2.29 bits per heavy atom. The molecule has 8 heteroatoms. The molecular weight excluding hydrogens is 512 g/mol. The van der Waals surface area contributed by atoms with Gasteiger partial charge in [-0.1, -0.05) is 65.1 Å². The van der Waals surface area contributed by atoms with Crippen molar-refractivity contribution in [2.45, 2.75) is 13.3 Å². The third-order valence-corrected chi connectivity index (χ3v) is 6.02. The summed E-state index contributed by atoms with van der Waals surface area (Å²) in [7, 11) is 0. The molecule has 4 aromatic carbocycles. The fraction of sp³-hybridized carbons (Fsp3) is 0.0741. The van der Waals surface area contributed by atoms with Crippen LogP contribution in [0.5, 0.6) is 17.2 Å². The lowest BCUT2D eigenvalue weighted by atomic mass is 10.0. The average molecular weight is 531 g/mol. The Kier molecular flexibility index (Phi) is 7.51. The van der Waals surface area contributed by atoms with E-state index >= 15 is 0 Å². The van der Waals surface area contributed by atoms with Crippen LogP contribution in [0, 0.1) is 12.7 Å². The lowest BCUT2D eigenvalue weighted by molar-refractivity contribution is -0.115. The second-order valence-electron chi connectivity index (χ2n) is 7.87. The number of carbonyl (C=O) groups excluding carboxylic acids is 1. The number of anilines is 1. The number of aryl methyl sites for hydroxylation is 1. The minimum Gasteiger partial charge on any atom is -0.506 e. The zero-order chi connectivity index (χ0) is 25.1. The first-order valence-electron chi connectivity index (χ1n) is 10.5. The Morgan fingerprint density at radius 1 is 0.914 bits per heavy atom. The summed E-state index contributed by atoms with van der Waals surface area (Å²) in [5, 5.41) is 14.0. The number of amides is 1. The van der Waals surface area contributed by atoms with Crippen molar-refractivity contribution in [2.24, 2.45) is 0 Å². The molecule has 0 radical (unpaired) electrons. The maximum Gasteiger partial charge on any atom is 0.228 e. The molecule has 0 bridgehead atoms. The molecule has 0 atom stereocenters. The van der Waals surface area contributed by atoms with E-state index < -0.39 is 5.82 Å². The zero-order valence-electron chi connectivity index (χ0n) is 18.4. The molecule has 0 unspecified atom stereocenters. The molecule has 35 heavy (non-hydrogen) atoms. The van der Waals surface area contributed by atoms with Crippen LogP contribution in [-0.4, -0.2) is 11.0 Å². The number of hydrogen-bond donors (Lipinski definition) is 2. The average Bonchev–Trinajstić information content (AvgIpc) is 2.80.